The summed E-state index contributed by atoms with van der Waals surface area (Å²) in [5, 5.41) is 1.15. The van der Waals surface area contributed by atoms with E-state index >= 15 is 0 Å². The number of rotatable bonds is 7. The van der Waals surface area contributed by atoms with Gasteiger partial charge in [0.05, 0.1) is 6.26 Å². The average molecular weight is 407 g/mol. The minimum absolute atomic E-state index is 0.245. The Hall–Kier alpha value is -2.39. The maximum absolute atomic E-state index is 12.1. The number of fused-ring (bicyclic) bond motifs is 1. The van der Waals surface area contributed by atoms with Crippen LogP contribution >= 0.6 is 0 Å². The molecule has 28 heavy (non-hydrogen) atoms. The predicted molar refractivity (Wildman–Crippen MR) is 105 cm³/mol. The van der Waals surface area contributed by atoms with Crippen LogP contribution in [0.15, 0.2) is 30.5 Å². The lowest BCUT2D eigenvalue weighted by atomic mass is 10.1. The highest BCUT2D eigenvalue weighted by Crippen LogP contribution is 2.19. The molecular formula is C19H25N3O5S. The van der Waals surface area contributed by atoms with Gasteiger partial charge in [0.1, 0.15) is 0 Å². The van der Waals surface area contributed by atoms with E-state index in [2.05, 4.69) is 4.98 Å². The molecule has 0 unspecified atom stereocenters. The second-order valence-electron chi connectivity index (χ2n) is 6.92. The second-order valence-corrected chi connectivity index (χ2v) is 8.90. The van der Waals surface area contributed by atoms with Crippen molar-refractivity contribution in [2.24, 2.45) is 0 Å². The molecular weight excluding hydrogens is 382 g/mol. The van der Waals surface area contributed by atoms with Gasteiger partial charge in [-0.25, -0.2) is 8.42 Å². The molecule has 2 aromatic rings. The van der Waals surface area contributed by atoms with Gasteiger partial charge in [0, 0.05) is 49.7 Å². The fourth-order valence-electron chi connectivity index (χ4n) is 3.34. The molecule has 0 bridgehead atoms. The van der Waals surface area contributed by atoms with E-state index in [9.17, 15) is 18.0 Å². The molecule has 0 saturated carbocycles. The van der Waals surface area contributed by atoms with Crippen molar-refractivity contribution in [1.29, 1.82) is 0 Å². The molecule has 9 heteroatoms. The number of aromatic nitrogens is 1. The highest BCUT2D eigenvalue weighted by molar-refractivity contribution is 7.88. The Balaban J connectivity index is 1.37. The fraction of sp³-hybridized carbons (Fsp3) is 0.474. The number of piperazine rings is 1. The molecule has 152 valence electrons. The normalized spacial score (nSPS) is 15.7. The standard InChI is InChI=1S/C19H25N3O5S/c1-28(25,26)22-11-9-21(10-12-22)18(23)14-27-19(24)8-4-5-15-13-20-17-7-3-2-6-16(15)17/h2-3,6-7,13,20H,4-5,8-12,14H2,1H3. The number of hydrogen-bond donors (Lipinski definition) is 1. The third-order valence-electron chi connectivity index (χ3n) is 4.92. The Morgan fingerprint density at radius 2 is 1.86 bits per heavy atom. The minimum Gasteiger partial charge on any atom is -0.456 e. The Labute approximate surface area is 164 Å². The van der Waals surface area contributed by atoms with Crippen molar-refractivity contribution < 1.29 is 22.7 Å². The maximum Gasteiger partial charge on any atom is 0.306 e. The summed E-state index contributed by atoms with van der Waals surface area (Å²) in [6.45, 7) is 0.852. The Kier molecular flexibility index (Phi) is 6.35. The SMILES string of the molecule is CS(=O)(=O)N1CCN(C(=O)COC(=O)CCCc2c[nH]c3ccccc23)CC1. The lowest BCUT2D eigenvalue weighted by molar-refractivity contribution is -0.152. The summed E-state index contributed by atoms with van der Waals surface area (Å²) in [6.07, 6.45) is 4.75. The third-order valence-corrected chi connectivity index (χ3v) is 6.22. The van der Waals surface area contributed by atoms with Crippen LogP contribution < -0.4 is 0 Å². The third kappa shape index (κ3) is 5.11. The number of nitrogens with one attached hydrogen (secondary N) is 1. The summed E-state index contributed by atoms with van der Waals surface area (Å²) in [6, 6.07) is 8.00. The van der Waals surface area contributed by atoms with Crippen molar-refractivity contribution in [3.63, 3.8) is 0 Å². The summed E-state index contributed by atoms with van der Waals surface area (Å²) < 4.78 is 29.4. The molecule has 1 aliphatic rings. The molecule has 2 heterocycles. The van der Waals surface area contributed by atoms with Crippen LogP contribution in [0.25, 0.3) is 10.9 Å². The lowest BCUT2D eigenvalue weighted by Gasteiger charge is -2.33. The van der Waals surface area contributed by atoms with Crippen molar-refractivity contribution in [1.82, 2.24) is 14.2 Å². The number of benzene rings is 1. The fourth-order valence-corrected chi connectivity index (χ4v) is 4.16. The first-order chi connectivity index (χ1) is 13.3. The smallest absolute Gasteiger partial charge is 0.306 e. The van der Waals surface area contributed by atoms with E-state index in [1.807, 2.05) is 30.5 Å². The van der Waals surface area contributed by atoms with Crippen LogP contribution in [0.5, 0.6) is 0 Å². The molecule has 1 saturated heterocycles. The number of esters is 1. The molecule has 1 fully saturated rings. The summed E-state index contributed by atoms with van der Waals surface area (Å²) in [4.78, 5) is 28.8. The van der Waals surface area contributed by atoms with Gasteiger partial charge in [0.2, 0.25) is 10.0 Å². The van der Waals surface area contributed by atoms with E-state index in [1.54, 1.807) is 0 Å². The van der Waals surface area contributed by atoms with E-state index < -0.39 is 16.0 Å². The molecule has 1 aromatic carbocycles. The summed E-state index contributed by atoms with van der Waals surface area (Å²) in [5.41, 5.74) is 2.23. The van der Waals surface area contributed by atoms with Crippen LogP contribution in [0, 0.1) is 0 Å². The monoisotopic (exact) mass is 407 g/mol. The highest BCUT2D eigenvalue weighted by atomic mass is 32.2. The quantitative estimate of drug-likeness (QED) is 0.694. The van der Waals surface area contributed by atoms with E-state index in [0.29, 0.717) is 19.5 Å². The molecule has 1 N–H and O–H groups in total. The molecule has 3 rings (SSSR count). The predicted octanol–water partition coefficient (Wildman–Crippen LogP) is 1.14. The van der Waals surface area contributed by atoms with Gasteiger partial charge in [-0.2, -0.15) is 4.31 Å². The topological polar surface area (TPSA) is 99.8 Å². The number of aromatic amines is 1. The van der Waals surface area contributed by atoms with E-state index in [-0.39, 0.29) is 32.0 Å². The largest absolute Gasteiger partial charge is 0.456 e. The first-order valence-electron chi connectivity index (χ1n) is 9.28. The highest BCUT2D eigenvalue weighted by Gasteiger charge is 2.26. The summed E-state index contributed by atoms with van der Waals surface area (Å²) in [7, 11) is -3.24. The molecule has 1 aromatic heterocycles. The number of ether oxygens (including phenoxy) is 1. The number of carbonyl (C=O) groups excluding carboxylic acids is 2. The molecule has 1 amide bonds. The van der Waals surface area contributed by atoms with Crippen LogP contribution in [0.1, 0.15) is 18.4 Å². The van der Waals surface area contributed by atoms with Gasteiger partial charge in [-0.05, 0) is 24.5 Å². The van der Waals surface area contributed by atoms with Crippen molar-refractivity contribution in [2.75, 3.05) is 39.0 Å². The van der Waals surface area contributed by atoms with Crippen LogP contribution in [-0.2, 0) is 30.8 Å². The zero-order valence-electron chi connectivity index (χ0n) is 15.9. The van der Waals surface area contributed by atoms with Crippen LogP contribution in [-0.4, -0.2) is 73.5 Å². The molecule has 0 atom stereocenters. The molecule has 1 aliphatic heterocycles. The number of nitrogens with zero attached hydrogens (tertiary/aromatic N) is 2. The van der Waals surface area contributed by atoms with Gasteiger partial charge < -0.3 is 14.6 Å². The van der Waals surface area contributed by atoms with E-state index in [1.165, 1.54) is 9.21 Å². The van der Waals surface area contributed by atoms with E-state index in [0.717, 1.165) is 29.1 Å². The summed E-state index contributed by atoms with van der Waals surface area (Å²) in [5.74, 6) is -0.693. The van der Waals surface area contributed by atoms with Crippen LogP contribution in [0.4, 0.5) is 0 Å². The van der Waals surface area contributed by atoms with E-state index in [4.69, 9.17) is 4.74 Å². The first kappa shape index (κ1) is 20.3. The van der Waals surface area contributed by atoms with Gasteiger partial charge in [-0.15, -0.1) is 0 Å². The number of para-hydroxylation sites is 1. The van der Waals surface area contributed by atoms with Crippen molar-refractivity contribution in [3.8, 4) is 0 Å². The van der Waals surface area contributed by atoms with Gasteiger partial charge in [-0.3, -0.25) is 9.59 Å². The van der Waals surface area contributed by atoms with Crippen LogP contribution in [0.3, 0.4) is 0 Å². The Morgan fingerprint density at radius 3 is 2.57 bits per heavy atom. The maximum atomic E-state index is 12.1. The zero-order chi connectivity index (χ0) is 20.1. The van der Waals surface area contributed by atoms with Crippen molar-refractivity contribution in [2.45, 2.75) is 19.3 Å². The van der Waals surface area contributed by atoms with Gasteiger partial charge in [0.25, 0.3) is 5.91 Å². The minimum atomic E-state index is -3.24. The van der Waals surface area contributed by atoms with Crippen LogP contribution in [0.2, 0.25) is 0 Å². The first-order valence-corrected chi connectivity index (χ1v) is 11.1. The van der Waals surface area contributed by atoms with Gasteiger partial charge >= 0.3 is 5.97 Å². The second kappa shape index (κ2) is 8.74. The average Bonchev–Trinajstić information content (AvgIpc) is 3.09. The van der Waals surface area contributed by atoms with Crippen molar-refractivity contribution in [3.05, 3.63) is 36.0 Å². The zero-order valence-corrected chi connectivity index (χ0v) is 16.7. The molecule has 8 nitrogen and oxygen atoms in total. The Bertz CT molecular complexity index is 945. The number of carbonyl (C=O) groups is 2. The van der Waals surface area contributed by atoms with Crippen molar-refractivity contribution >= 4 is 32.8 Å². The van der Waals surface area contributed by atoms with Gasteiger partial charge in [-0.1, -0.05) is 18.2 Å². The molecule has 0 spiro atoms. The van der Waals surface area contributed by atoms with Gasteiger partial charge in [0.15, 0.2) is 6.61 Å². The number of hydrogen-bond acceptors (Lipinski definition) is 5. The number of amides is 1. The number of H-pyrrole nitrogens is 1. The molecule has 0 aliphatic carbocycles. The number of sulfonamides is 1. The number of aryl methyl sites for hydroxylation is 1. The Morgan fingerprint density at radius 1 is 1.14 bits per heavy atom. The molecule has 0 radical (unpaired) electrons. The lowest BCUT2D eigenvalue weighted by Crippen LogP contribution is -2.51. The summed E-state index contributed by atoms with van der Waals surface area (Å²) >= 11 is 0.